The number of halogens is 1. The van der Waals surface area contributed by atoms with Crippen molar-refractivity contribution in [1.29, 1.82) is 0 Å². The van der Waals surface area contributed by atoms with E-state index in [2.05, 4.69) is 42.0 Å². The van der Waals surface area contributed by atoms with Crippen LogP contribution >= 0.6 is 15.9 Å². The van der Waals surface area contributed by atoms with Crippen LogP contribution in [-0.4, -0.2) is 17.7 Å². The van der Waals surface area contributed by atoms with Gasteiger partial charge in [0, 0.05) is 22.4 Å². The van der Waals surface area contributed by atoms with Crippen molar-refractivity contribution in [3.05, 3.63) is 33.5 Å². The highest BCUT2D eigenvalue weighted by Gasteiger charge is 2.16. The average molecular weight is 326 g/mol. The van der Waals surface area contributed by atoms with Crippen LogP contribution < -0.4 is 5.32 Å². The van der Waals surface area contributed by atoms with Crippen molar-refractivity contribution < 1.29 is 9.52 Å². The van der Waals surface area contributed by atoms with Gasteiger partial charge in [-0.3, -0.25) is 0 Å². The van der Waals surface area contributed by atoms with Crippen LogP contribution in [0.5, 0.6) is 0 Å². The van der Waals surface area contributed by atoms with Gasteiger partial charge >= 0.3 is 0 Å². The average Bonchev–Trinajstić information content (AvgIpc) is 2.77. The van der Waals surface area contributed by atoms with Crippen LogP contribution in [0, 0.1) is 13.8 Å². The lowest BCUT2D eigenvalue weighted by Gasteiger charge is -2.11. The van der Waals surface area contributed by atoms with Gasteiger partial charge in [-0.25, -0.2) is 0 Å². The minimum atomic E-state index is -0.617. The highest BCUT2D eigenvalue weighted by Crippen LogP contribution is 2.32. The number of hydrogen-bond acceptors (Lipinski definition) is 3. The van der Waals surface area contributed by atoms with E-state index in [1.165, 1.54) is 5.56 Å². The molecule has 0 aliphatic rings. The molecule has 0 bridgehead atoms. The maximum atomic E-state index is 10.1. The molecule has 19 heavy (non-hydrogen) atoms. The molecule has 0 radical (unpaired) electrons. The first-order chi connectivity index (χ1) is 8.90. The number of furan rings is 1. The summed E-state index contributed by atoms with van der Waals surface area (Å²) in [5, 5.41) is 14.4. The van der Waals surface area contributed by atoms with E-state index in [4.69, 9.17) is 4.42 Å². The third-order valence-corrected chi connectivity index (χ3v) is 4.19. The molecule has 0 amide bonds. The summed E-state index contributed by atoms with van der Waals surface area (Å²) < 4.78 is 6.89. The van der Waals surface area contributed by atoms with Gasteiger partial charge in [-0.1, -0.05) is 29.8 Å². The van der Waals surface area contributed by atoms with E-state index < -0.39 is 6.10 Å². The van der Waals surface area contributed by atoms with Crippen LogP contribution in [0.3, 0.4) is 0 Å². The van der Waals surface area contributed by atoms with Gasteiger partial charge < -0.3 is 14.8 Å². The molecule has 104 valence electrons. The Hall–Kier alpha value is -0.840. The molecular weight excluding hydrogens is 306 g/mol. The SMILES string of the molecule is Cc1c(Br)cc2cc(C(O)CNC(C)C)oc2c1C. The van der Waals surface area contributed by atoms with Crippen molar-refractivity contribution in [3.63, 3.8) is 0 Å². The van der Waals surface area contributed by atoms with Gasteiger partial charge in [0.1, 0.15) is 17.4 Å². The van der Waals surface area contributed by atoms with Gasteiger partial charge in [0.25, 0.3) is 0 Å². The Morgan fingerprint density at radius 1 is 1.26 bits per heavy atom. The molecule has 2 aromatic rings. The quantitative estimate of drug-likeness (QED) is 0.897. The lowest BCUT2D eigenvalue weighted by atomic mass is 10.1. The summed E-state index contributed by atoms with van der Waals surface area (Å²) in [6.45, 7) is 8.69. The summed E-state index contributed by atoms with van der Waals surface area (Å²) in [5.74, 6) is 0.615. The van der Waals surface area contributed by atoms with Gasteiger partial charge in [-0.2, -0.15) is 0 Å². The second-order valence-electron chi connectivity index (χ2n) is 5.25. The van der Waals surface area contributed by atoms with E-state index >= 15 is 0 Å². The second kappa shape index (κ2) is 5.65. The number of aliphatic hydroxyl groups excluding tert-OH is 1. The van der Waals surface area contributed by atoms with Crippen molar-refractivity contribution in [1.82, 2.24) is 5.32 Å². The fourth-order valence-corrected chi connectivity index (χ4v) is 2.58. The Balaban J connectivity index is 2.34. The fraction of sp³-hybridized carbons (Fsp3) is 0.467. The zero-order valence-corrected chi connectivity index (χ0v) is 13.3. The number of rotatable bonds is 4. The molecule has 4 heteroatoms. The summed E-state index contributed by atoms with van der Waals surface area (Å²) in [6.07, 6.45) is -0.617. The van der Waals surface area contributed by atoms with E-state index in [1.54, 1.807) is 0 Å². The number of fused-ring (bicyclic) bond motifs is 1. The first kappa shape index (κ1) is 14.6. The molecule has 1 aromatic carbocycles. The van der Waals surface area contributed by atoms with E-state index in [-0.39, 0.29) is 0 Å². The topological polar surface area (TPSA) is 45.4 Å². The summed E-state index contributed by atoms with van der Waals surface area (Å²) in [6, 6.07) is 4.30. The number of nitrogens with one attached hydrogen (secondary N) is 1. The maximum Gasteiger partial charge on any atom is 0.137 e. The Morgan fingerprint density at radius 2 is 1.95 bits per heavy atom. The molecule has 1 heterocycles. The Bertz CT molecular complexity index is 589. The molecular formula is C15H20BrNO2. The lowest BCUT2D eigenvalue weighted by Crippen LogP contribution is -2.27. The molecule has 0 spiro atoms. The van der Waals surface area contributed by atoms with E-state index in [1.807, 2.05) is 19.1 Å². The minimum absolute atomic E-state index is 0.345. The number of aryl methyl sites for hydroxylation is 1. The molecule has 1 unspecified atom stereocenters. The van der Waals surface area contributed by atoms with Gasteiger partial charge in [0.05, 0.1) is 0 Å². The zero-order valence-electron chi connectivity index (χ0n) is 11.7. The Labute approximate surface area is 122 Å². The second-order valence-corrected chi connectivity index (χ2v) is 6.11. The van der Waals surface area contributed by atoms with Gasteiger partial charge in [-0.15, -0.1) is 0 Å². The lowest BCUT2D eigenvalue weighted by molar-refractivity contribution is 0.147. The number of benzene rings is 1. The third kappa shape index (κ3) is 3.02. The predicted molar refractivity (Wildman–Crippen MR) is 81.5 cm³/mol. The molecule has 0 aliphatic carbocycles. The van der Waals surface area contributed by atoms with Crippen LogP contribution in [0.1, 0.15) is 36.8 Å². The van der Waals surface area contributed by atoms with Crippen molar-refractivity contribution in [2.45, 2.75) is 39.8 Å². The smallest absolute Gasteiger partial charge is 0.137 e. The predicted octanol–water partition coefficient (Wildman–Crippen LogP) is 3.84. The first-order valence-corrected chi connectivity index (χ1v) is 7.30. The number of hydrogen-bond donors (Lipinski definition) is 2. The zero-order chi connectivity index (χ0) is 14.2. The van der Waals surface area contributed by atoms with Crippen molar-refractivity contribution in [2.75, 3.05) is 6.54 Å². The summed E-state index contributed by atoms with van der Waals surface area (Å²) in [4.78, 5) is 0. The third-order valence-electron chi connectivity index (χ3n) is 3.37. The van der Waals surface area contributed by atoms with Crippen molar-refractivity contribution in [2.24, 2.45) is 0 Å². The largest absolute Gasteiger partial charge is 0.458 e. The number of aliphatic hydroxyl groups is 1. The van der Waals surface area contributed by atoms with Gasteiger partial charge in [0.15, 0.2) is 0 Å². The normalized spacial score (nSPS) is 13.4. The summed E-state index contributed by atoms with van der Waals surface area (Å²) >= 11 is 3.55. The van der Waals surface area contributed by atoms with Crippen molar-refractivity contribution >= 4 is 26.9 Å². The van der Waals surface area contributed by atoms with E-state index in [0.717, 1.165) is 21.0 Å². The highest BCUT2D eigenvalue weighted by molar-refractivity contribution is 9.10. The Kier molecular flexibility index (Phi) is 4.33. The van der Waals surface area contributed by atoms with Crippen molar-refractivity contribution in [3.8, 4) is 0 Å². The molecule has 0 saturated heterocycles. The van der Waals surface area contributed by atoms with Crippen LogP contribution in [0.25, 0.3) is 11.0 Å². The van der Waals surface area contributed by atoms with Crippen LogP contribution in [0.4, 0.5) is 0 Å². The highest BCUT2D eigenvalue weighted by atomic mass is 79.9. The molecule has 0 aliphatic heterocycles. The fourth-order valence-electron chi connectivity index (χ4n) is 2.03. The molecule has 1 atom stereocenters. The summed E-state index contributed by atoms with van der Waals surface area (Å²) in [5.41, 5.74) is 3.14. The molecule has 3 nitrogen and oxygen atoms in total. The van der Waals surface area contributed by atoms with Crippen LogP contribution in [0.15, 0.2) is 21.0 Å². The van der Waals surface area contributed by atoms with Crippen LogP contribution in [0.2, 0.25) is 0 Å². The maximum absolute atomic E-state index is 10.1. The van der Waals surface area contributed by atoms with Gasteiger partial charge in [-0.05, 0) is 37.1 Å². The molecule has 2 N–H and O–H groups in total. The van der Waals surface area contributed by atoms with E-state index in [9.17, 15) is 5.11 Å². The van der Waals surface area contributed by atoms with Crippen LogP contribution in [-0.2, 0) is 0 Å². The Morgan fingerprint density at radius 3 is 2.58 bits per heavy atom. The van der Waals surface area contributed by atoms with E-state index in [0.29, 0.717) is 18.3 Å². The standard InChI is InChI=1S/C15H20BrNO2/c1-8(2)17-7-13(18)14-6-11-5-12(16)9(3)10(4)15(11)19-14/h5-6,8,13,17-18H,7H2,1-4H3. The molecule has 1 aromatic heterocycles. The summed E-state index contributed by atoms with van der Waals surface area (Å²) in [7, 11) is 0. The monoisotopic (exact) mass is 325 g/mol. The van der Waals surface area contributed by atoms with Gasteiger partial charge in [0.2, 0.25) is 0 Å². The molecule has 0 fully saturated rings. The first-order valence-electron chi connectivity index (χ1n) is 6.50. The molecule has 0 saturated carbocycles. The minimum Gasteiger partial charge on any atom is -0.458 e. The molecule has 2 rings (SSSR count).